The van der Waals surface area contributed by atoms with E-state index in [1.807, 2.05) is 42.5 Å². The van der Waals surface area contributed by atoms with Crippen molar-refractivity contribution < 1.29 is 14.6 Å². The van der Waals surface area contributed by atoms with Crippen LogP contribution >= 0.6 is 11.6 Å². The van der Waals surface area contributed by atoms with Crippen LogP contribution in [0.3, 0.4) is 0 Å². The van der Waals surface area contributed by atoms with Gasteiger partial charge in [0.25, 0.3) is 0 Å². The largest absolute Gasteiger partial charge is 0.495 e. The number of ether oxygens (including phenoxy) is 1. The molecule has 0 unspecified atom stereocenters. The lowest BCUT2D eigenvalue weighted by Crippen LogP contribution is -2.13. The molecule has 3 aromatic heterocycles. The molecule has 0 aliphatic heterocycles. The average Bonchev–Trinajstić information content (AvgIpc) is 3.60. The number of aromatic carboxylic acids is 1. The van der Waals surface area contributed by atoms with Crippen LogP contribution in [-0.2, 0) is 13.0 Å². The third kappa shape index (κ3) is 5.51. The Labute approximate surface area is 229 Å². The van der Waals surface area contributed by atoms with Crippen molar-refractivity contribution in [3.8, 4) is 39.4 Å². The number of nitrogens with one attached hydrogen (secondary N) is 1. The molecular formula is C28H26ClN7O3. The molecule has 0 aliphatic rings. The number of carboxylic acid groups (broad SMARTS) is 1. The molecule has 198 valence electrons. The number of aryl methyl sites for hydroxylation is 1. The third-order valence-corrected chi connectivity index (χ3v) is 6.72. The lowest BCUT2D eigenvalue weighted by Gasteiger charge is -2.13. The van der Waals surface area contributed by atoms with Gasteiger partial charge in [-0.2, -0.15) is 5.21 Å². The molecule has 5 aromatic rings. The number of rotatable bonds is 10. The molecule has 0 atom stereocenters. The zero-order chi connectivity index (χ0) is 27.4. The number of tetrazole rings is 1. The highest BCUT2D eigenvalue weighted by Gasteiger charge is 2.21. The van der Waals surface area contributed by atoms with E-state index < -0.39 is 5.97 Å². The van der Waals surface area contributed by atoms with Crippen molar-refractivity contribution >= 4 is 17.6 Å². The van der Waals surface area contributed by atoms with Crippen molar-refractivity contribution in [2.75, 3.05) is 7.11 Å². The Bertz CT molecular complexity index is 1600. The van der Waals surface area contributed by atoms with Crippen molar-refractivity contribution in [2.24, 2.45) is 0 Å². The zero-order valence-electron chi connectivity index (χ0n) is 21.4. The first kappa shape index (κ1) is 26.1. The summed E-state index contributed by atoms with van der Waals surface area (Å²) in [5.74, 6) is 0.714. The molecule has 2 aromatic carbocycles. The van der Waals surface area contributed by atoms with E-state index in [-0.39, 0.29) is 10.8 Å². The van der Waals surface area contributed by atoms with Crippen LogP contribution in [0.25, 0.3) is 33.6 Å². The molecule has 5 rings (SSSR count). The fourth-order valence-electron chi connectivity index (χ4n) is 4.46. The molecule has 0 aliphatic carbocycles. The molecule has 0 saturated carbocycles. The van der Waals surface area contributed by atoms with Crippen molar-refractivity contribution in [3.63, 3.8) is 0 Å². The van der Waals surface area contributed by atoms with Gasteiger partial charge in [0.2, 0.25) is 5.82 Å². The van der Waals surface area contributed by atoms with Gasteiger partial charge in [0.05, 0.1) is 13.3 Å². The topological polar surface area (TPSA) is 132 Å². The molecule has 0 saturated heterocycles. The summed E-state index contributed by atoms with van der Waals surface area (Å²) in [7, 11) is 1.61. The SMILES string of the molecule is CCCCc1nc(Cl)c(C(=O)O)n1Cc1ccc(-c2cc(-c3cncc(OC)c3)ccc2-c2nn[nH]n2)cc1. The Kier molecular flexibility index (Phi) is 7.64. The quantitative estimate of drug-likeness (QED) is 0.234. The molecule has 10 nitrogen and oxygen atoms in total. The van der Waals surface area contributed by atoms with Gasteiger partial charge in [-0.1, -0.05) is 55.3 Å². The summed E-state index contributed by atoms with van der Waals surface area (Å²) < 4.78 is 7.04. The fourth-order valence-corrected chi connectivity index (χ4v) is 4.74. The van der Waals surface area contributed by atoms with Gasteiger partial charge in [-0.25, -0.2) is 9.78 Å². The first-order chi connectivity index (χ1) is 19.0. The molecular weight excluding hydrogens is 518 g/mol. The number of unbranched alkanes of at least 4 members (excludes halogenated alkanes) is 1. The number of carboxylic acids is 1. The number of hydrogen-bond donors (Lipinski definition) is 2. The molecule has 0 spiro atoms. The maximum absolute atomic E-state index is 11.9. The van der Waals surface area contributed by atoms with Crippen molar-refractivity contribution in [2.45, 2.75) is 32.7 Å². The van der Waals surface area contributed by atoms with Gasteiger partial charge in [0, 0.05) is 30.3 Å². The van der Waals surface area contributed by atoms with Crippen LogP contribution in [0.1, 0.15) is 41.6 Å². The molecule has 11 heteroatoms. The van der Waals surface area contributed by atoms with Gasteiger partial charge in [-0.05, 0) is 52.1 Å². The minimum Gasteiger partial charge on any atom is -0.495 e. The molecule has 39 heavy (non-hydrogen) atoms. The molecule has 0 bridgehead atoms. The number of carbonyl (C=O) groups is 1. The van der Waals surface area contributed by atoms with Gasteiger partial charge in [-0.15, -0.1) is 10.2 Å². The van der Waals surface area contributed by atoms with E-state index in [0.717, 1.165) is 46.2 Å². The normalized spacial score (nSPS) is 11.1. The Morgan fingerprint density at radius 2 is 1.85 bits per heavy atom. The highest BCUT2D eigenvalue weighted by Crippen LogP contribution is 2.35. The second-order valence-electron chi connectivity index (χ2n) is 8.97. The van der Waals surface area contributed by atoms with E-state index in [9.17, 15) is 9.90 Å². The molecule has 2 N–H and O–H groups in total. The Hall–Kier alpha value is -4.57. The predicted molar refractivity (Wildman–Crippen MR) is 147 cm³/mol. The monoisotopic (exact) mass is 543 g/mol. The minimum atomic E-state index is -1.10. The number of benzene rings is 2. The Balaban J connectivity index is 1.52. The summed E-state index contributed by atoms with van der Waals surface area (Å²) in [6.07, 6.45) is 5.96. The summed E-state index contributed by atoms with van der Waals surface area (Å²) in [5, 5.41) is 24.4. The van der Waals surface area contributed by atoms with E-state index in [4.69, 9.17) is 16.3 Å². The number of imidazole rings is 1. The maximum Gasteiger partial charge on any atom is 0.355 e. The number of halogens is 1. The predicted octanol–water partition coefficient (Wildman–Crippen LogP) is 5.54. The van der Waals surface area contributed by atoms with Gasteiger partial charge in [-0.3, -0.25) is 4.98 Å². The summed E-state index contributed by atoms with van der Waals surface area (Å²) in [4.78, 5) is 20.5. The molecule has 0 radical (unpaired) electrons. The Morgan fingerprint density at radius 3 is 2.54 bits per heavy atom. The second kappa shape index (κ2) is 11.4. The lowest BCUT2D eigenvalue weighted by molar-refractivity contribution is 0.0685. The lowest BCUT2D eigenvalue weighted by atomic mass is 9.94. The maximum atomic E-state index is 11.9. The second-order valence-corrected chi connectivity index (χ2v) is 9.33. The van der Waals surface area contributed by atoms with Crippen LogP contribution in [0, 0.1) is 0 Å². The van der Waals surface area contributed by atoms with Crippen LogP contribution in [0.15, 0.2) is 60.9 Å². The van der Waals surface area contributed by atoms with Gasteiger partial charge < -0.3 is 14.4 Å². The Morgan fingerprint density at radius 1 is 1.05 bits per heavy atom. The van der Waals surface area contributed by atoms with E-state index in [1.165, 1.54) is 0 Å². The van der Waals surface area contributed by atoms with E-state index in [1.54, 1.807) is 24.1 Å². The van der Waals surface area contributed by atoms with Gasteiger partial charge >= 0.3 is 5.97 Å². The van der Waals surface area contributed by atoms with Crippen LogP contribution in [-0.4, -0.2) is 53.3 Å². The summed E-state index contributed by atoms with van der Waals surface area (Å²) in [6.45, 7) is 2.42. The third-order valence-electron chi connectivity index (χ3n) is 6.45. The van der Waals surface area contributed by atoms with Crippen molar-refractivity contribution in [3.05, 3.63) is 83.2 Å². The van der Waals surface area contributed by atoms with E-state index >= 15 is 0 Å². The minimum absolute atomic E-state index is 0.00541. The number of H-pyrrole nitrogens is 1. The zero-order valence-corrected chi connectivity index (χ0v) is 22.2. The number of nitrogens with zero attached hydrogens (tertiary/aromatic N) is 6. The van der Waals surface area contributed by atoms with E-state index in [2.05, 4.69) is 43.6 Å². The van der Waals surface area contributed by atoms with Crippen molar-refractivity contribution in [1.82, 2.24) is 35.2 Å². The summed E-state index contributed by atoms with van der Waals surface area (Å²) in [5.41, 5.74) is 5.44. The van der Waals surface area contributed by atoms with Crippen LogP contribution in [0.4, 0.5) is 0 Å². The first-order valence-electron chi connectivity index (χ1n) is 12.4. The van der Waals surface area contributed by atoms with Crippen LogP contribution in [0.2, 0.25) is 5.15 Å². The number of hydrogen-bond acceptors (Lipinski definition) is 7. The molecule has 0 amide bonds. The number of methoxy groups -OCH3 is 1. The molecule has 3 heterocycles. The van der Waals surface area contributed by atoms with Crippen molar-refractivity contribution in [1.29, 1.82) is 0 Å². The first-order valence-corrected chi connectivity index (χ1v) is 12.8. The summed E-state index contributed by atoms with van der Waals surface area (Å²) in [6, 6.07) is 15.8. The number of aromatic amines is 1. The van der Waals surface area contributed by atoms with Gasteiger partial charge in [0.15, 0.2) is 10.8 Å². The highest BCUT2D eigenvalue weighted by atomic mass is 35.5. The standard InChI is InChI=1S/C28H26ClN7O3/c1-3-4-5-24-31-26(29)25(28(37)38)36(24)16-17-6-8-18(9-7-17)23-13-19(20-12-21(39-2)15-30-14-20)10-11-22(23)27-32-34-35-33-27/h6-15H,3-5,16H2,1-2H3,(H,37,38)(H,32,33,34,35). The van der Waals surface area contributed by atoms with Gasteiger partial charge in [0.1, 0.15) is 11.6 Å². The summed E-state index contributed by atoms with van der Waals surface area (Å²) >= 11 is 6.20. The highest BCUT2D eigenvalue weighted by molar-refractivity contribution is 6.32. The fraction of sp³-hybridized carbons (Fsp3) is 0.214. The molecule has 0 fully saturated rings. The number of pyridine rings is 1. The van der Waals surface area contributed by atoms with E-state index in [0.29, 0.717) is 30.4 Å². The number of aromatic nitrogens is 7. The van der Waals surface area contributed by atoms with Crippen LogP contribution in [0.5, 0.6) is 5.75 Å². The van der Waals surface area contributed by atoms with Crippen LogP contribution < -0.4 is 4.74 Å². The smallest absolute Gasteiger partial charge is 0.355 e. The average molecular weight is 544 g/mol.